The van der Waals surface area contributed by atoms with Gasteiger partial charge in [0.1, 0.15) is 5.69 Å². The summed E-state index contributed by atoms with van der Waals surface area (Å²) in [4.78, 5) is 0. The molecule has 1 unspecified atom stereocenters. The van der Waals surface area contributed by atoms with Crippen LogP contribution in [0.4, 0.5) is 0 Å². The van der Waals surface area contributed by atoms with Crippen LogP contribution in [-0.2, 0) is 6.54 Å². The largest absolute Gasteiger partial charge is 0.387 e. The Bertz CT molecular complexity index is 542. The first-order valence-electron chi connectivity index (χ1n) is 5.62. The second-order valence-corrected chi connectivity index (χ2v) is 4.76. The highest BCUT2D eigenvalue weighted by Crippen LogP contribution is 2.26. The Hall–Kier alpha value is -1.10. The van der Waals surface area contributed by atoms with Crippen molar-refractivity contribution in [1.29, 1.82) is 0 Å². The van der Waals surface area contributed by atoms with Crippen LogP contribution in [0.5, 0.6) is 0 Å². The van der Waals surface area contributed by atoms with Crippen molar-refractivity contribution in [2.45, 2.75) is 26.0 Å². The lowest BCUT2D eigenvalue weighted by Crippen LogP contribution is -2.01. The van der Waals surface area contributed by atoms with Crippen LogP contribution in [0.3, 0.4) is 0 Å². The maximum Gasteiger partial charge on any atom is 0.111 e. The van der Waals surface area contributed by atoms with Gasteiger partial charge < -0.3 is 5.11 Å². The molecule has 1 heterocycles. The van der Waals surface area contributed by atoms with Crippen molar-refractivity contribution < 1.29 is 5.11 Å². The van der Waals surface area contributed by atoms with Gasteiger partial charge in [0, 0.05) is 0 Å². The molecule has 1 aromatic heterocycles. The second kappa shape index (κ2) is 5.69. The second-order valence-electron chi connectivity index (χ2n) is 3.98. The van der Waals surface area contributed by atoms with Gasteiger partial charge in [-0.3, -0.25) is 0 Å². The van der Waals surface area contributed by atoms with Crippen LogP contribution in [0, 0.1) is 0 Å². The Morgan fingerprint density at radius 3 is 2.89 bits per heavy atom. The van der Waals surface area contributed by atoms with E-state index in [-0.39, 0.29) is 0 Å². The topological polar surface area (TPSA) is 50.9 Å². The summed E-state index contributed by atoms with van der Waals surface area (Å²) in [5.74, 6) is 0. The lowest BCUT2D eigenvalue weighted by Gasteiger charge is -2.05. The molecule has 1 N–H and O–H groups in total. The number of aromatic nitrogens is 3. The summed E-state index contributed by atoms with van der Waals surface area (Å²) in [7, 11) is 0. The van der Waals surface area contributed by atoms with Crippen molar-refractivity contribution in [3.8, 4) is 0 Å². The zero-order valence-electron chi connectivity index (χ0n) is 9.85. The molecular formula is C12H13Cl2N3O. The summed E-state index contributed by atoms with van der Waals surface area (Å²) >= 11 is 12.0. The zero-order chi connectivity index (χ0) is 13.1. The molecule has 0 saturated heterocycles. The van der Waals surface area contributed by atoms with Crippen LogP contribution >= 0.6 is 23.2 Å². The van der Waals surface area contributed by atoms with E-state index in [0.717, 1.165) is 5.56 Å². The fourth-order valence-corrected chi connectivity index (χ4v) is 1.98. The van der Waals surface area contributed by atoms with Gasteiger partial charge in [-0.05, 0) is 18.1 Å². The van der Waals surface area contributed by atoms with Gasteiger partial charge in [0.25, 0.3) is 0 Å². The number of rotatable bonds is 4. The standard InChI is InChI=1S/C12H13Cl2N3O/c1-2-11(18)10-7-17(16-15-10)6-8-4-3-5-9(13)12(8)14/h3-5,7,11,18H,2,6H2,1H3. The maximum atomic E-state index is 9.64. The highest BCUT2D eigenvalue weighted by atomic mass is 35.5. The Morgan fingerprint density at radius 1 is 1.39 bits per heavy atom. The van der Waals surface area contributed by atoms with E-state index >= 15 is 0 Å². The van der Waals surface area contributed by atoms with Crippen molar-refractivity contribution in [2.24, 2.45) is 0 Å². The predicted octanol–water partition coefficient (Wildman–Crippen LogP) is 3.08. The minimum absolute atomic E-state index is 0.475. The molecule has 0 radical (unpaired) electrons. The molecule has 96 valence electrons. The molecule has 6 heteroatoms. The zero-order valence-corrected chi connectivity index (χ0v) is 11.4. The smallest absolute Gasteiger partial charge is 0.111 e. The van der Waals surface area contributed by atoms with Gasteiger partial charge >= 0.3 is 0 Å². The minimum Gasteiger partial charge on any atom is -0.387 e. The number of aliphatic hydroxyl groups is 1. The SMILES string of the molecule is CCC(O)c1cn(Cc2cccc(Cl)c2Cl)nn1. The summed E-state index contributed by atoms with van der Waals surface area (Å²) < 4.78 is 1.63. The quantitative estimate of drug-likeness (QED) is 0.939. The molecule has 0 aliphatic rings. The average Bonchev–Trinajstić information content (AvgIpc) is 2.82. The first kappa shape index (κ1) is 13.3. The van der Waals surface area contributed by atoms with E-state index in [1.165, 1.54) is 0 Å². The Morgan fingerprint density at radius 2 is 2.17 bits per heavy atom. The molecule has 0 spiro atoms. The first-order chi connectivity index (χ1) is 8.61. The molecule has 0 fully saturated rings. The number of hydrogen-bond acceptors (Lipinski definition) is 3. The van der Waals surface area contributed by atoms with Gasteiger partial charge in [-0.1, -0.05) is 47.5 Å². The van der Waals surface area contributed by atoms with E-state index in [1.807, 2.05) is 19.1 Å². The van der Waals surface area contributed by atoms with E-state index in [4.69, 9.17) is 23.2 Å². The van der Waals surface area contributed by atoms with Crippen molar-refractivity contribution in [2.75, 3.05) is 0 Å². The fraction of sp³-hybridized carbons (Fsp3) is 0.333. The van der Waals surface area contributed by atoms with Crippen LogP contribution in [0.2, 0.25) is 10.0 Å². The van der Waals surface area contributed by atoms with Gasteiger partial charge in [0.05, 0.1) is 28.9 Å². The molecule has 0 saturated carbocycles. The highest BCUT2D eigenvalue weighted by molar-refractivity contribution is 6.42. The van der Waals surface area contributed by atoms with Gasteiger partial charge in [0.2, 0.25) is 0 Å². The van der Waals surface area contributed by atoms with E-state index in [1.54, 1.807) is 16.9 Å². The Kier molecular flexibility index (Phi) is 4.22. The molecule has 2 rings (SSSR count). The average molecular weight is 286 g/mol. The van der Waals surface area contributed by atoms with Crippen molar-refractivity contribution in [3.05, 3.63) is 45.7 Å². The lowest BCUT2D eigenvalue weighted by atomic mass is 10.2. The van der Waals surface area contributed by atoms with E-state index in [0.29, 0.717) is 28.7 Å². The van der Waals surface area contributed by atoms with Gasteiger partial charge in [0.15, 0.2) is 0 Å². The monoisotopic (exact) mass is 285 g/mol. The van der Waals surface area contributed by atoms with Gasteiger partial charge in [-0.25, -0.2) is 4.68 Å². The predicted molar refractivity (Wildman–Crippen MR) is 70.8 cm³/mol. The summed E-state index contributed by atoms with van der Waals surface area (Å²) in [6.45, 7) is 2.36. The molecule has 0 amide bonds. The lowest BCUT2D eigenvalue weighted by molar-refractivity contribution is 0.168. The van der Waals surface area contributed by atoms with E-state index in [9.17, 15) is 5.11 Å². The molecule has 18 heavy (non-hydrogen) atoms. The number of halogens is 2. The number of hydrogen-bond donors (Lipinski definition) is 1. The first-order valence-corrected chi connectivity index (χ1v) is 6.38. The maximum absolute atomic E-state index is 9.64. The van der Waals surface area contributed by atoms with Gasteiger partial charge in [-0.2, -0.15) is 0 Å². The van der Waals surface area contributed by atoms with Crippen molar-refractivity contribution >= 4 is 23.2 Å². The third-order valence-corrected chi connectivity index (χ3v) is 3.51. The Labute approximate surface area is 115 Å². The summed E-state index contributed by atoms with van der Waals surface area (Å²) in [5, 5.41) is 18.6. The Balaban J connectivity index is 2.19. The number of nitrogens with zero attached hydrogens (tertiary/aromatic N) is 3. The van der Waals surface area contributed by atoms with Crippen LogP contribution in [0.1, 0.15) is 30.7 Å². The minimum atomic E-state index is -0.575. The van der Waals surface area contributed by atoms with Crippen LogP contribution in [0.15, 0.2) is 24.4 Å². The molecule has 1 aromatic carbocycles. The highest BCUT2D eigenvalue weighted by Gasteiger charge is 2.11. The molecule has 1 atom stereocenters. The molecule has 2 aromatic rings. The molecule has 0 aliphatic heterocycles. The van der Waals surface area contributed by atoms with E-state index < -0.39 is 6.10 Å². The number of benzene rings is 1. The number of aliphatic hydroxyl groups excluding tert-OH is 1. The van der Waals surface area contributed by atoms with Crippen molar-refractivity contribution in [1.82, 2.24) is 15.0 Å². The summed E-state index contributed by atoms with van der Waals surface area (Å²) in [6.07, 6.45) is 1.75. The molecule has 4 nitrogen and oxygen atoms in total. The van der Waals surface area contributed by atoms with Crippen LogP contribution in [-0.4, -0.2) is 20.1 Å². The van der Waals surface area contributed by atoms with Crippen LogP contribution in [0.25, 0.3) is 0 Å². The van der Waals surface area contributed by atoms with Crippen molar-refractivity contribution in [3.63, 3.8) is 0 Å². The fourth-order valence-electron chi connectivity index (χ4n) is 1.60. The van der Waals surface area contributed by atoms with Crippen LogP contribution < -0.4 is 0 Å². The molecule has 0 aliphatic carbocycles. The summed E-state index contributed by atoms with van der Waals surface area (Å²) in [5.41, 5.74) is 1.43. The van der Waals surface area contributed by atoms with Gasteiger partial charge in [-0.15, -0.1) is 5.10 Å². The molecular weight excluding hydrogens is 273 g/mol. The third kappa shape index (κ3) is 2.83. The molecule has 0 bridgehead atoms. The third-order valence-electron chi connectivity index (χ3n) is 2.65. The summed E-state index contributed by atoms with van der Waals surface area (Å²) in [6, 6.07) is 5.45. The normalized spacial score (nSPS) is 12.7. The van der Waals surface area contributed by atoms with E-state index in [2.05, 4.69) is 10.3 Å².